The molecule has 0 spiro atoms. The van der Waals surface area contributed by atoms with Gasteiger partial charge >= 0.3 is 0 Å². The number of carbonyl (C=O) groups excluding carboxylic acids is 1. The molecule has 1 amide bonds. The van der Waals surface area contributed by atoms with E-state index in [1.54, 1.807) is 13.4 Å². The first-order valence-corrected chi connectivity index (χ1v) is 11.5. The maximum Gasteiger partial charge on any atom is 0.248 e. The highest BCUT2D eigenvalue weighted by Gasteiger charge is 2.19. The summed E-state index contributed by atoms with van der Waals surface area (Å²) in [6.07, 6.45) is 3.13. The molecule has 1 N–H and O–H groups in total. The number of hydrogen-bond donors (Lipinski definition) is 1. The van der Waals surface area contributed by atoms with Gasteiger partial charge in [-0.15, -0.1) is 0 Å². The van der Waals surface area contributed by atoms with Gasteiger partial charge in [0.2, 0.25) is 5.91 Å². The minimum Gasteiger partial charge on any atom is -0.497 e. The summed E-state index contributed by atoms with van der Waals surface area (Å²) in [5.74, 6) is 0.294. The molecule has 0 unspecified atom stereocenters. The van der Waals surface area contributed by atoms with Crippen molar-refractivity contribution in [2.24, 2.45) is 0 Å². The largest absolute Gasteiger partial charge is 0.497 e. The number of anilines is 1. The molecule has 0 atom stereocenters. The molecule has 0 aliphatic heterocycles. The standard InChI is InChI=1S/C28H25ClFNO4/c1-5-34-27-17(3)28-22(23(15-35-28)18-7-6-8-20(12-18)33-4)14-21(27)16(2)11-26(32)31-25-10-9-19(29)13-24(25)30/h6-15H,5H2,1-4H3,(H,31,32)/b16-11+. The van der Waals surface area contributed by atoms with Crippen molar-refractivity contribution in [3.63, 3.8) is 0 Å². The number of aryl methyl sites for hydroxylation is 1. The third-order valence-corrected chi connectivity index (χ3v) is 5.91. The average molecular weight is 494 g/mol. The zero-order chi connectivity index (χ0) is 25.1. The number of carbonyl (C=O) groups is 1. The summed E-state index contributed by atoms with van der Waals surface area (Å²) >= 11 is 5.80. The number of halogens is 2. The molecule has 0 aliphatic carbocycles. The second-order valence-electron chi connectivity index (χ2n) is 8.01. The molecule has 7 heteroatoms. The van der Waals surface area contributed by atoms with Crippen LogP contribution in [0.5, 0.6) is 11.5 Å². The van der Waals surface area contributed by atoms with Gasteiger partial charge < -0.3 is 19.2 Å². The van der Waals surface area contributed by atoms with E-state index in [1.165, 1.54) is 18.2 Å². The van der Waals surface area contributed by atoms with E-state index in [0.717, 1.165) is 39.5 Å². The van der Waals surface area contributed by atoms with Gasteiger partial charge in [0.25, 0.3) is 0 Å². The fourth-order valence-corrected chi connectivity index (χ4v) is 4.15. The van der Waals surface area contributed by atoms with E-state index in [1.807, 2.05) is 51.1 Å². The number of furan rings is 1. The van der Waals surface area contributed by atoms with Crippen molar-refractivity contribution in [2.75, 3.05) is 19.0 Å². The summed E-state index contributed by atoms with van der Waals surface area (Å²) in [5, 5.41) is 3.70. The summed E-state index contributed by atoms with van der Waals surface area (Å²) < 4.78 is 31.4. The summed E-state index contributed by atoms with van der Waals surface area (Å²) in [5.41, 5.74) is 4.82. The molecule has 5 nitrogen and oxygen atoms in total. The van der Waals surface area contributed by atoms with Crippen LogP contribution in [-0.4, -0.2) is 19.6 Å². The van der Waals surface area contributed by atoms with E-state index in [-0.39, 0.29) is 10.7 Å². The van der Waals surface area contributed by atoms with Gasteiger partial charge in [0.1, 0.15) is 22.9 Å². The topological polar surface area (TPSA) is 60.7 Å². The average Bonchev–Trinajstić information content (AvgIpc) is 3.27. The molecule has 0 bridgehead atoms. The Bertz CT molecular complexity index is 1440. The van der Waals surface area contributed by atoms with Crippen molar-refractivity contribution in [1.82, 2.24) is 0 Å². The van der Waals surface area contributed by atoms with Gasteiger partial charge in [-0.05, 0) is 68.3 Å². The third kappa shape index (κ3) is 5.03. The monoisotopic (exact) mass is 493 g/mol. The number of hydrogen-bond acceptors (Lipinski definition) is 4. The molecule has 4 aromatic rings. The Kier molecular flexibility index (Phi) is 7.12. The fraction of sp³-hybridized carbons (Fsp3) is 0.179. The minimum atomic E-state index is -0.606. The minimum absolute atomic E-state index is 0.0512. The Labute approximate surface area is 208 Å². The van der Waals surface area contributed by atoms with E-state index in [2.05, 4.69) is 5.32 Å². The van der Waals surface area contributed by atoms with Gasteiger partial charge in [-0.1, -0.05) is 23.7 Å². The molecular weight excluding hydrogens is 469 g/mol. The maximum atomic E-state index is 14.1. The Hall–Kier alpha value is -3.77. The number of ether oxygens (including phenoxy) is 2. The Morgan fingerprint density at radius 1 is 1.20 bits per heavy atom. The van der Waals surface area contributed by atoms with Gasteiger partial charge in [-0.2, -0.15) is 0 Å². The van der Waals surface area contributed by atoms with Gasteiger partial charge in [0.05, 0.1) is 25.7 Å². The van der Waals surface area contributed by atoms with Crippen LogP contribution in [0, 0.1) is 12.7 Å². The van der Waals surface area contributed by atoms with Crippen molar-refractivity contribution in [1.29, 1.82) is 0 Å². The molecule has 0 aliphatic rings. The summed E-state index contributed by atoms with van der Waals surface area (Å²) in [7, 11) is 1.62. The van der Waals surface area contributed by atoms with Crippen LogP contribution in [-0.2, 0) is 4.79 Å². The van der Waals surface area contributed by atoms with Crippen molar-refractivity contribution in [3.05, 3.63) is 82.8 Å². The van der Waals surface area contributed by atoms with Crippen LogP contribution in [0.2, 0.25) is 5.02 Å². The second-order valence-corrected chi connectivity index (χ2v) is 8.45. The zero-order valence-electron chi connectivity index (χ0n) is 19.9. The number of benzene rings is 3. The molecule has 180 valence electrons. The maximum absolute atomic E-state index is 14.1. The third-order valence-electron chi connectivity index (χ3n) is 5.67. The molecule has 35 heavy (non-hydrogen) atoms. The number of rotatable bonds is 7. The van der Waals surface area contributed by atoms with Crippen LogP contribution >= 0.6 is 11.6 Å². The Balaban J connectivity index is 1.78. The summed E-state index contributed by atoms with van der Waals surface area (Å²) in [4.78, 5) is 12.7. The van der Waals surface area contributed by atoms with Gasteiger partial charge in [0.15, 0.2) is 0 Å². The molecule has 0 saturated heterocycles. The summed E-state index contributed by atoms with van der Waals surface area (Å²) in [6, 6.07) is 13.8. The highest BCUT2D eigenvalue weighted by molar-refractivity contribution is 6.30. The van der Waals surface area contributed by atoms with E-state index >= 15 is 0 Å². The van der Waals surface area contributed by atoms with Crippen molar-refractivity contribution in [2.45, 2.75) is 20.8 Å². The van der Waals surface area contributed by atoms with E-state index in [9.17, 15) is 9.18 Å². The lowest BCUT2D eigenvalue weighted by Gasteiger charge is -2.15. The highest BCUT2D eigenvalue weighted by Crippen LogP contribution is 2.41. The SMILES string of the molecule is CCOc1c(/C(C)=C/C(=O)Nc2ccc(Cl)cc2F)cc2c(-c3cccc(OC)c3)coc2c1C. The predicted octanol–water partition coefficient (Wildman–Crippen LogP) is 7.65. The molecule has 0 saturated carbocycles. The van der Waals surface area contributed by atoms with Gasteiger partial charge in [-0.25, -0.2) is 4.39 Å². The van der Waals surface area contributed by atoms with Crippen LogP contribution in [0.15, 0.2) is 65.3 Å². The molecule has 0 radical (unpaired) electrons. The number of nitrogens with one attached hydrogen (secondary N) is 1. The lowest BCUT2D eigenvalue weighted by Crippen LogP contribution is -2.10. The molecule has 3 aromatic carbocycles. The number of amides is 1. The normalized spacial score (nSPS) is 11.5. The van der Waals surface area contributed by atoms with E-state index in [4.69, 9.17) is 25.5 Å². The quantitative estimate of drug-likeness (QED) is 0.268. The number of fused-ring (bicyclic) bond motifs is 1. The highest BCUT2D eigenvalue weighted by atomic mass is 35.5. The van der Waals surface area contributed by atoms with Crippen LogP contribution in [0.3, 0.4) is 0 Å². The Morgan fingerprint density at radius 3 is 2.71 bits per heavy atom. The number of allylic oxidation sites excluding steroid dienone is 1. The first kappa shape index (κ1) is 24.4. The zero-order valence-corrected chi connectivity index (χ0v) is 20.6. The smallest absolute Gasteiger partial charge is 0.248 e. The van der Waals surface area contributed by atoms with Crippen molar-refractivity contribution < 1.29 is 23.1 Å². The molecular formula is C28H25ClFNO4. The van der Waals surface area contributed by atoms with E-state index < -0.39 is 11.7 Å². The molecule has 0 fully saturated rings. The second kappa shape index (κ2) is 10.2. The van der Waals surface area contributed by atoms with Crippen molar-refractivity contribution >= 4 is 39.7 Å². The van der Waals surface area contributed by atoms with Crippen LogP contribution in [0.4, 0.5) is 10.1 Å². The van der Waals surface area contributed by atoms with Gasteiger partial charge in [-0.3, -0.25) is 4.79 Å². The lowest BCUT2D eigenvalue weighted by molar-refractivity contribution is -0.111. The molecule has 1 heterocycles. The molecule has 1 aromatic heterocycles. The van der Waals surface area contributed by atoms with Crippen LogP contribution in [0.1, 0.15) is 25.0 Å². The predicted molar refractivity (Wildman–Crippen MR) is 138 cm³/mol. The molecule has 4 rings (SSSR count). The van der Waals surface area contributed by atoms with Crippen LogP contribution < -0.4 is 14.8 Å². The van der Waals surface area contributed by atoms with Gasteiger partial charge in [0, 0.05) is 33.2 Å². The van der Waals surface area contributed by atoms with Crippen LogP contribution in [0.25, 0.3) is 27.7 Å². The fourth-order valence-electron chi connectivity index (χ4n) is 3.99. The number of methoxy groups -OCH3 is 1. The lowest BCUT2D eigenvalue weighted by atomic mass is 9.96. The first-order chi connectivity index (χ1) is 16.8. The Morgan fingerprint density at radius 2 is 2.00 bits per heavy atom. The van der Waals surface area contributed by atoms with E-state index in [0.29, 0.717) is 23.5 Å². The summed E-state index contributed by atoms with van der Waals surface area (Å²) in [6.45, 7) is 6.07. The first-order valence-electron chi connectivity index (χ1n) is 11.1. The van der Waals surface area contributed by atoms with Crippen molar-refractivity contribution in [3.8, 4) is 22.6 Å².